The predicted molar refractivity (Wildman–Crippen MR) is 87.2 cm³/mol. The van der Waals surface area contributed by atoms with E-state index >= 15 is 0 Å². The summed E-state index contributed by atoms with van der Waals surface area (Å²) in [6.45, 7) is 1.81. The van der Waals surface area contributed by atoms with Crippen LogP contribution in [0.1, 0.15) is 17.2 Å². The smallest absolute Gasteiger partial charge is 0.246 e. The molecular formula is C19H19NO2. The Morgan fingerprint density at radius 3 is 2.45 bits per heavy atom. The molecule has 1 aliphatic heterocycles. The van der Waals surface area contributed by atoms with E-state index in [2.05, 4.69) is 0 Å². The van der Waals surface area contributed by atoms with Crippen LogP contribution >= 0.6 is 0 Å². The fourth-order valence-corrected chi connectivity index (χ4v) is 2.56. The third-order valence-corrected chi connectivity index (χ3v) is 3.77. The van der Waals surface area contributed by atoms with Gasteiger partial charge in [-0.25, -0.2) is 0 Å². The second-order valence-corrected chi connectivity index (χ2v) is 5.30. The Labute approximate surface area is 130 Å². The summed E-state index contributed by atoms with van der Waals surface area (Å²) >= 11 is 0. The van der Waals surface area contributed by atoms with Crippen molar-refractivity contribution < 1.29 is 9.53 Å². The molecule has 3 rings (SSSR count). The molecule has 2 aromatic rings. The third kappa shape index (κ3) is 3.62. The molecule has 1 aliphatic rings. The van der Waals surface area contributed by atoms with E-state index in [0.29, 0.717) is 19.7 Å². The number of morpholine rings is 1. The van der Waals surface area contributed by atoms with E-state index in [1.807, 2.05) is 71.6 Å². The molecule has 1 saturated heterocycles. The van der Waals surface area contributed by atoms with Gasteiger partial charge in [0, 0.05) is 12.6 Å². The Bertz CT molecular complexity index is 637. The molecule has 112 valence electrons. The van der Waals surface area contributed by atoms with Crippen molar-refractivity contribution in [1.29, 1.82) is 0 Å². The van der Waals surface area contributed by atoms with Gasteiger partial charge in [0.25, 0.3) is 0 Å². The Kier molecular flexibility index (Phi) is 4.66. The summed E-state index contributed by atoms with van der Waals surface area (Å²) in [5.41, 5.74) is 2.15. The van der Waals surface area contributed by atoms with Crippen molar-refractivity contribution in [2.45, 2.75) is 6.10 Å². The highest BCUT2D eigenvalue weighted by atomic mass is 16.5. The van der Waals surface area contributed by atoms with E-state index in [-0.39, 0.29) is 12.0 Å². The van der Waals surface area contributed by atoms with Crippen LogP contribution in [0.15, 0.2) is 66.7 Å². The van der Waals surface area contributed by atoms with Crippen molar-refractivity contribution >= 4 is 12.0 Å². The molecule has 1 atom stereocenters. The average Bonchev–Trinajstić information content (AvgIpc) is 2.61. The molecule has 0 unspecified atom stereocenters. The zero-order chi connectivity index (χ0) is 15.2. The van der Waals surface area contributed by atoms with Gasteiger partial charge in [-0.2, -0.15) is 0 Å². The van der Waals surface area contributed by atoms with Gasteiger partial charge in [0.1, 0.15) is 6.10 Å². The largest absolute Gasteiger partial charge is 0.370 e. The zero-order valence-corrected chi connectivity index (χ0v) is 12.4. The summed E-state index contributed by atoms with van der Waals surface area (Å²) in [5.74, 6) is 0.0353. The van der Waals surface area contributed by atoms with E-state index in [1.54, 1.807) is 6.08 Å². The second-order valence-electron chi connectivity index (χ2n) is 5.30. The van der Waals surface area contributed by atoms with Crippen LogP contribution in [0, 0.1) is 0 Å². The number of ether oxygens (including phenoxy) is 1. The van der Waals surface area contributed by atoms with Gasteiger partial charge in [0.15, 0.2) is 0 Å². The number of nitrogens with zero attached hydrogens (tertiary/aromatic N) is 1. The topological polar surface area (TPSA) is 29.5 Å². The first kappa shape index (κ1) is 14.5. The predicted octanol–water partition coefficient (Wildman–Crippen LogP) is 3.30. The van der Waals surface area contributed by atoms with Gasteiger partial charge in [-0.1, -0.05) is 60.7 Å². The number of carbonyl (C=O) groups excluding carboxylic acids is 1. The second kappa shape index (κ2) is 7.05. The van der Waals surface area contributed by atoms with E-state index in [0.717, 1.165) is 11.1 Å². The summed E-state index contributed by atoms with van der Waals surface area (Å²) in [6.07, 6.45) is 3.46. The first-order valence-electron chi connectivity index (χ1n) is 7.51. The van der Waals surface area contributed by atoms with Crippen LogP contribution < -0.4 is 0 Å². The van der Waals surface area contributed by atoms with Gasteiger partial charge in [-0.3, -0.25) is 4.79 Å². The molecule has 0 N–H and O–H groups in total. The number of rotatable bonds is 3. The third-order valence-electron chi connectivity index (χ3n) is 3.77. The highest BCUT2D eigenvalue weighted by molar-refractivity contribution is 5.91. The summed E-state index contributed by atoms with van der Waals surface area (Å²) in [6, 6.07) is 19.9. The van der Waals surface area contributed by atoms with Crippen molar-refractivity contribution in [3.8, 4) is 0 Å². The number of hydrogen-bond acceptors (Lipinski definition) is 2. The molecule has 0 aliphatic carbocycles. The van der Waals surface area contributed by atoms with Crippen LogP contribution in [0.2, 0.25) is 0 Å². The highest BCUT2D eigenvalue weighted by Gasteiger charge is 2.23. The Balaban J connectivity index is 1.64. The van der Waals surface area contributed by atoms with Crippen LogP contribution in [0.5, 0.6) is 0 Å². The molecule has 3 heteroatoms. The summed E-state index contributed by atoms with van der Waals surface area (Å²) in [4.78, 5) is 14.2. The van der Waals surface area contributed by atoms with Gasteiger partial charge in [-0.05, 0) is 17.2 Å². The van der Waals surface area contributed by atoms with Gasteiger partial charge < -0.3 is 9.64 Å². The summed E-state index contributed by atoms with van der Waals surface area (Å²) < 4.78 is 5.79. The van der Waals surface area contributed by atoms with Crippen molar-refractivity contribution in [3.05, 3.63) is 77.9 Å². The van der Waals surface area contributed by atoms with Crippen LogP contribution in [0.4, 0.5) is 0 Å². The SMILES string of the molecule is O=C(/C=C/c1ccccc1)N1CCO[C@H](c2ccccc2)C1. The van der Waals surface area contributed by atoms with Crippen LogP contribution in [-0.4, -0.2) is 30.5 Å². The van der Waals surface area contributed by atoms with E-state index in [1.165, 1.54) is 0 Å². The number of hydrogen-bond donors (Lipinski definition) is 0. The molecular weight excluding hydrogens is 274 g/mol. The lowest BCUT2D eigenvalue weighted by Crippen LogP contribution is -2.41. The molecule has 22 heavy (non-hydrogen) atoms. The van der Waals surface area contributed by atoms with Crippen molar-refractivity contribution in [3.63, 3.8) is 0 Å². The van der Waals surface area contributed by atoms with Crippen LogP contribution in [0.3, 0.4) is 0 Å². The zero-order valence-electron chi connectivity index (χ0n) is 12.4. The minimum absolute atomic E-state index is 0.0353. The number of carbonyl (C=O) groups is 1. The molecule has 1 heterocycles. The van der Waals surface area contributed by atoms with Crippen LogP contribution in [-0.2, 0) is 9.53 Å². The Morgan fingerprint density at radius 2 is 1.73 bits per heavy atom. The first-order chi connectivity index (χ1) is 10.8. The quantitative estimate of drug-likeness (QED) is 0.813. The Hall–Kier alpha value is -2.39. The lowest BCUT2D eigenvalue weighted by molar-refractivity contribution is -0.133. The fourth-order valence-electron chi connectivity index (χ4n) is 2.56. The van der Waals surface area contributed by atoms with Gasteiger partial charge in [0.2, 0.25) is 5.91 Å². The number of benzene rings is 2. The van der Waals surface area contributed by atoms with E-state index < -0.39 is 0 Å². The molecule has 1 amide bonds. The highest BCUT2D eigenvalue weighted by Crippen LogP contribution is 2.22. The number of amides is 1. The molecule has 0 radical (unpaired) electrons. The summed E-state index contributed by atoms with van der Waals surface area (Å²) in [5, 5.41) is 0. The first-order valence-corrected chi connectivity index (χ1v) is 7.51. The minimum Gasteiger partial charge on any atom is -0.370 e. The van der Waals surface area contributed by atoms with Gasteiger partial charge in [0.05, 0.1) is 13.2 Å². The van der Waals surface area contributed by atoms with E-state index in [4.69, 9.17) is 4.74 Å². The maximum Gasteiger partial charge on any atom is 0.246 e. The minimum atomic E-state index is -0.0379. The normalized spacial score (nSPS) is 18.5. The molecule has 2 aromatic carbocycles. The molecule has 0 bridgehead atoms. The molecule has 0 spiro atoms. The van der Waals surface area contributed by atoms with Crippen LogP contribution in [0.25, 0.3) is 6.08 Å². The molecule has 3 nitrogen and oxygen atoms in total. The lowest BCUT2D eigenvalue weighted by atomic mass is 10.1. The van der Waals surface area contributed by atoms with E-state index in [9.17, 15) is 4.79 Å². The average molecular weight is 293 g/mol. The van der Waals surface area contributed by atoms with Crippen molar-refractivity contribution in [2.75, 3.05) is 19.7 Å². The lowest BCUT2D eigenvalue weighted by Gasteiger charge is -2.32. The van der Waals surface area contributed by atoms with Gasteiger partial charge in [-0.15, -0.1) is 0 Å². The standard InChI is InChI=1S/C19H19NO2/c21-19(12-11-16-7-3-1-4-8-16)20-13-14-22-18(15-20)17-9-5-2-6-10-17/h1-12,18H,13-15H2/b12-11+/t18-/m0/s1. The van der Waals surface area contributed by atoms with Crippen molar-refractivity contribution in [2.24, 2.45) is 0 Å². The molecule has 0 saturated carbocycles. The monoisotopic (exact) mass is 293 g/mol. The maximum absolute atomic E-state index is 12.3. The fraction of sp³-hybridized carbons (Fsp3) is 0.211. The molecule has 1 fully saturated rings. The molecule has 0 aromatic heterocycles. The maximum atomic E-state index is 12.3. The Morgan fingerprint density at radius 1 is 1.05 bits per heavy atom. The summed E-state index contributed by atoms with van der Waals surface area (Å²) in [7, 11) is 0. The van der Waals surface area contributed by atoms with Gasteiger partial charge >= 0.3 is 0 Å². The van der Waals surface area contributed by atoms with Crippen molar-refractivity contribution in [1.82, 2.24) is 4.90 Å².